The summed E-state index contributed by atoms with van der Waals surface area (Å²) in [5.41, 5.74) is 5.09. The largest absolute Gasteiger partial charge is 0.493 e. The van der Waals surface area contributed by atoms with Gasteiger partial charge >= 0.3 is 0 Å². The minimum Gasteiger partial charge on any atom is -0.493 e. The van der Waals surface area contributed by atoms with Gasteiger partial charge in [-0.3, -0.25) is 9.56 Å². The van der Waals surface area contributed by atoms with Crippen LogP contribution in [-0.4, -0.2) is 20.5 Å². The molecule has 1 aliphatic rings. The second kappa shape index (κ2) is 5.57. The summed E-state index contributed by atoms with van der Waals surface area (Å²) in [5.74, 6) is 0.205. The normalized spacial score (nSPS) is 14.8. The van der Waals surface area contributed by atoms with E-state index in [1.807, 2.05) is 30.8 Å². The Morgan fingerprint density at radius 3 is 2.73 bits per heavy atom. The molecule has 1 aliphatic heterocycles. The van der Waals surface area contributed by atoms with Gasteiger partial charge in [0.15, 0.2) is 4.77 Å². The molecule has 0 saturated heterocycles. The molecular weight excluding hydrogens is 294 g/mol. The number of fused-ring (bicyclic) bond motifs is 1. The molecule has 1 N–H and O–H groups in total. The van der Waals surface area contributed by atoms with E-state index in [1.54, 1.807) is 4.57 Å². The average Bonchev–Trinajstić information content (AvgIpc) is 3.02. The quantitative estimate of drug-likeness (QED) is 0.867. The van der Waals surface area contributed by atoms with Crippen LogP contribution in [0.4, 0.5) is 5.69 Å². The maximum absolute atomic E-state index is 10.4. The Bertz CT molecular complexity index is 856. The molecule has 114 valence electrons. The van der Waals surface area contributed by atoms with Crippen molar-refractivity contribution < 1.29 is 5.11 Å². The molecule has 0 unspecified atom stereocenters. The molecule has 5 heteroatoms. The molecule has 0 saturated carbocycles. The van der Waals surface area contributed by atoms with Crippen molar-refractivity contribution in [3.05, 3.63) is 39.8 Å². The fourth-order valence-electron chi connectivity index (χ4n) is 2.84. The molecule has 0 fully saturated rings. The summed E-state index contributed by atoms with van der Waals surface area (Å²) in [6.07, 6.45) is 4.76. The maximum Gasteiger partial charge on any atom is 0.217 e. The molecule has 0 bridgehead atoms. The number of aromatic nitrogens is 2. The van der Waals surface area contributed by atoms with Crippen LogP contribution in [0.25, 0.3) is 11.6 Å². The van der Waals surface area contributed by atoms with Gasteiger partial charge in [-0.15, -0.1) is 0 Å². The van der Waals surface area contributed by atoms with E-state index in [1.165, 1.54) is 5.56 Å². The van der Waals surface area contributed by atoms with E-state index in [0.717, 1.165) is 23.2 Å². The highest BCUT2D eigenvalue weighted by atomic mass is 32.1. The second-order valence-corrected chi connectivity index (χ2v) is 5.68. The van der Waals surface area contributed by atoms with E-state index in [2.05, 4.69) is 30.1 Å². The van der Waals surface area contributed by atoms with Crippen LogP contribution in [0.3, 0.4) is 0 Å². The van der Waals surface area contributed by atoms with Crippen LogP contribution >= 0.6 is 12.2 Å². The van der Waals surface area contributed by atoms with Gasteiger partial charge in [0.25, 0.3) is 0 Å². The SMILES string of the molecule is CCc1cccc2c1N=CC2=Cc1c(O)n(CC)c(=S)n1C. The summed E-state index contributed by atoms with van der Waals surface area (Å²) in [6.45, 7) is 4.74. The van der Waals surface area contributed by atoms with Crippen molar-refractivity contribution in [1.29, 1.82) is 0 Å². The number of aliphatic imine (C=N–C) groups is 1. The number of aryl methyl sites for hydroxylation is 1. The van der Waals surface area contributed by atoms with Crippen LogP contribution in [0.5, 0.6) is 5.88 Å². The van der Waals surface area contributed by atoms with E-state index in [0.29, 0.717) is 17.0 Å². The maximum atomic E-state index is 10.4. The molecule has 0 aliphatic carbocycles. The van der Waals surface area contributed by atoms with Crippen LogP contribution in [0, 0.1) is 4.77 Å². The summed E-state index contributed by atoms with van der Waals surface area (Å²) in [6, 6.07) is 6.22. The van der Waals surface area contributed by atoms with Crippen LogP contribution in [0.2, 0.25) is 0 Å². The fourth-order valence-corrected chi connectivity index (χ4v) is 3.15. The summed E-state index contributed by atoms with van der Waals surface area (Å²) < 4.78 is 4.16. The number of hydrogen-bond acceptors (Lipinski definition) is 3. The van der Waals surface area contributed by atoms with Gasteiger partial charge in [-0.1, -0.05) is 25.1 Å². The standard InChI is InChI=1S/C17H19N3OS/c1-4-11-7-6-8-13-12(10-18-15(11)13)9-14-16(21)20(5-2)17(22)19(14)3/h6-10,21H,4-5H2,1-3H3. The first kappa shape index (κ1) is 14.8. The lowest BCUT2D eigenvalue weighted by Crippen LogP contribution is -1.95. The predicted octanol–water partition coefficient (Wildman–Crippen LogP) is 4.10. The Kier molecular flexibility index (Phi) is 3.74. The van der Waals surface area contributed by atoms with Crippen molar-refractivity contribution >= 4 is 35.8 Å². The number of allylic oxidation sites excluding steroid dienone is 1. The van der Waals surface area contributed by atoms with Crippen molar-refractivity contribution in [2.24, 2.45) is 12.0 Å². The number of imidazole rings is 1. The van der Waals surface area contributed by atoms with Crippen molar-refractivity contribution in [3.8, 4) is 5.88 Å². The summed E-state index contributed by atoms with van der Waals surface area (Å²) in [5, 5.41) is 10.4. The van der Waals surface area contributed by atoms with Crippen LogP contribution in [-0.2, 0) is 20.0 Å². The fraction of sp³-hybridized carbons (Fsp3) is 0.294. The molecule has 0 radical (unpaired) electrons. The van der Waals surface area contributed by atoms with Gasteiger partial charge in [0.05, 0.1) is 5.69 Å². The average molecular weight is 313 g/mol. The third kappa shape index (κ3) is 2.13. The lowest BCUT2D eigenvalue weighted by molar-refractivity contribution is 0.419. The Hall–Kier alpha value is -2.14. The van der Waals surface area contributed by atoms with Gasteiger partial charge in [-0.25, -0.2) is 0 Å². The van der Waals surface area contributed by atoms with Gasteiger partial charge in [-0.05, 0) is 37.2 Å². The Labute approximate surface area is 135 Å². The second-order valence-electron chi connectivity index (χ2n) is 5.32. The molecule has 1 aromatic carbocycles. The zero-order chi connectivity index (χ0) is 15.9. The minimum atomic E-state index is 0.205. The third-order valence-corrected chi connectivity index (χ3v) is 4.61. The predicted molar refractivity (Wildman–Crippen MR) is 93.4 cm³/mol. The smallest absolute Gasteiger partial charge is 0.217 e. The molecular formula is C17H19N3OS. The number of nitrogens with zero attached hydrogens (tertiary/aromatic N) is 3. The first-order chi connectivity index (χ1) is 10.6. The monoisotopic (exact) mass is 313 g/mol. The Morgan fingerprint density at radius 2 is 2.09 bits per heavy atom. The summed E-state index contributed by atoms with van der Waals surface area (Å²) in [7, 11) is 1.87. The van der Waals surface area contributed by atoms with E-state index >= 15 is 0 Å². The summed E-state index contributed by atoms with van der Waals surface area (Å²) in [4.78, 5) is 4.54. The van der Waals surface area contributed by atoms with Crippen LogP contribution in [0.15, 0.2) is 23.2 Å². The number of hydrogen-bond donors (Lipinski definition) is 1. The molecule has 1 aromatic heterocycles. The molecule has 0 amide bonds. The molecule has 4 nitrogen and oxygen atoms in total. The number of para-hydroxylation sites is 1. The van der Waals surface area contributed by atoms with Gasteiger partial charge in [0.1, 0.15) is 5.69 Å². The van der Waals surface area contributed by atoms with Gasteiger partial charge in [-0.2, -0.15) is 0 Å². The first-order valence-corrected chi connectivity index (χ1v) is 7.85. The Morgan fingerprint density at radius 1 is 1.32 bits per heavy atom. The van der Waals surface area contributed by atoms with E-state index < -0.39 is 0 Å². The molecule has 0 spiro atoms. The van der Waals surface area contributed by atoms with E-state index in [4.69, 9.17) is 12.2 Å². The van der Waals surface area contributed by atoms with Crippen molar-refractivity contribution in [1.82, 2.24) is 9.13 Å². The van der Waals surface area contributed by atoms with E-state index in [9.17, 15) is 5.11 Å². The lowest BCUT2D eigenvalue weighted by atomic mass is 10.0. The first-order valence-electron chi connectivity index (χ1n) is 7.45. The van der Waals surface area contributed by atoms with Crippen molar-refractivity contribution in [2.75, 3.05) is 0 Å². The lowest BCUT2D eigenvalue weighted by Gasteiger charge is -2.05. The minimum absolute atomic E-state index is 0.205. The van der Waals surface area contributed by atoms with Crippen molar-refractivity contribution in [2.45, 2.75) is 26.8 Å². The highest BCUT2D eigenvalue weighted by Crippen LogP contribution is 2.36. The number of benzene rings is 1. The number of rotatable bonds is 3. The summed E-state index contributed by atoms with van der Waals surface area (Å²) >= 11 is 5.36. The highest BCUT2D eigenvalue weighted by Gasteiger charge is 2.18. The molecule has 22 heavy (non-hydrogen) atoms. The van der Waals surface area contributed by atoms with Gasteiger partial charge in [0.2, 0.25) is 5.88 Å². The zero-order valence-electron chi connectivity index (χ0n) is 13.0. The molecule has 2 aromatic rings. The number of aromatic hydroxyl groups is 1. The molecule has 0 atom stereocenters. The van der Waals surface area contributed by atoms with Crippen LogP contribution in [0.1, 0.15) is 30.7 Å². The van der Waals surface area contributed by atoms with Gasteiger partial charge in [0, 0.05) is 30.9 Å². The zero-order valence-corrected chi connectivity index (χ0v) is 13.8. The molecule has 2 heterocycles. The topological polar surface area (TPSA) is 42.5 Å². The van der Waals surface area contributed by atoms with Gasteiger partial charge < -0.3 is 9.67 Å². The Balaban J connectivity index is 2.15. The molecule has 3 rings (SSSR count). The highest BCUT2D eigenvalue weighted by molar-refractivity contribution is 7.71. The third-order valence-electron chi connectivity index (χ3n) is 4.12. The van der Waals surface area contributed by atoms with E-state index in [-0.39, 0.29) is 5.88 Å². The van der Waals surface area contributed by atoms with Crippen LogP contribution < -0.4 is 0 Å². The van der Waals surface area contributed by atoms with Crippen molar-refractivity contribution in [3.63, 3.8) is 0 Å².